The number of pyridine rings is 2. The maximum atomic E-state index is 13.7. The van der Waals surface area contributed by atoms with Gasteiger partial charge in [-0.05, 0) is 49.2 Å². The van der Waals surface area contributed by atoms with Crippen molar-refractivity contribution in [1.82, 2.24) is 9.55 Å². The van der Waals surface area contributed by atoms with E-state index in [9.17, 15) is 14.0 Å². The predicted octanol–water partition coefficient (Wildman–Crippen LogP) is 4.13. The molecule has 8 heteroatoms. The summed E-state index contributed by atoms with van der Waals surface area (Å²) in [5, 5.41) is 2.65. The van der Waals surface area contributed by atoms with E-state index < -0.39 is 5.91 Å². The van der Waals surface area contributed by atoms with E-state index >= 15 is 0 Å². The summed E-state index contributed by atoms with van der Waals surface area (Å²) in [6.07, 6.45) is 4.17. The number of methoxy groups -OCH3 is 1. The quantitative estimate of drug-likeness (QED) is 0.603. The second-order valence-corrected chi connectivity index (χ2v) is 6.95. The fourth-order valence-electron chi connectivity index (χ4n) is 3.13. The van der Waals surface area contributed by atoms with Crippen molar-refractivity contribution >= 4 is 11.6 Å². The number of hydrogen-bond acceptors (Lipinski definition) is 5. The Bertz CT molecular complexity index is 1210. The molecule has 0 fully saturated rings. The number of amides is 1. The average Bonchev–Trinajstić information content (AvgIpc) is 2.72. The topological polar surface area (TPSA) is 82.5 Å². The number of aryl methyl sites for hydroxylation is 3. The van der Waals surface area contributed by atoms with Crippen molar-refractivity contribution in [1.29, 1.82) is 0 Å². The monoisotopic (exact) mass is 423 g/mol. The Morgan fingerprint density at radius 1 is 1.19 bits per heavy atom. The Balaban J connectivity index is 2.21. The zero-order valence-electron chi connectivity index (χ0n) is 17.7. The first-order valence-corrected chi connectivity index (χ1v) is 9.36. The van der Waals surface area contributed by atoms with Crippen LogP contribution in [0.3, 0.4) is 0 Å². The molecular formula is C23H22FN3O4. The molecule has 0 aliphatic heterocycles. The van der Waals surface area contributed by atoms with Crippen molar-refractivity contribution in [2.45, 2.75) is 13.8 Å². The minimum atomic E-state index is -0.404. The highest BCUT2D eigenvalue weighted by Gasteiger charge is 2.18. The Hall–Kier alpha value is -3.94. The summed E-state index contributed by atoms with van der Waals surface area (Å²) in [6, 6.07) is 5.74. The lowest BCUT2D eigenvalue weighted by molar-refractivity contribution is -0.111. The van der Waals surface area contributed by atoms with Crippen LogP contribution in [-0.4, -0.2) is 22.6 Å². The van der Waals surface area contributed by atoms with E-state index in [1.54, 1.807) is 33.2 Å². The number of aromatic nitrogens is 2. The molecular weight excluding hydrogens is 401 g/mol. The third kappa shape index (κ3) is 4.63. The van der Waals surface area contributed by atoms with Gasteiger partial charge in [0.25, 0.3) is 5.56 Å². The maximum absolute atomic E-state index is 13.7. The molecule has 0 aliphatic rings. The summed E-state index contributed by atoms with van der Waals surface area (Å²) in [7, 11) is 3.06. The van der Waals surface area contributed by atoms with E-state index in [0.717, 1.165) is 6.08 Å². The normalized spacial score (nSPS) is 10.5. The molecule has 0 saturated heterocycles. The summed E-state index contributed by atoms with van der Waals surface area (Å²) in [4.78, 5) is 28.2. The number of halogens is 1. The Kier molecular flexibility index (Phi) is 6.20. The fraction of sp³-hybridized carbons (Fsp3) is 0.174. The van der Waals surface area contributed by atoms with Gasteiger partial charge >= 0.3 is 0 Å². The van der Waals surface area contributed by atoms with E-state index in [-0.39, 0.29) is 17.3 Å². The molecule has 0 unspecified atom stereocenters. The molecule has 2 aromatic heterocycles. The molecule has 3 rings (SSSR count). The molecule has 3 aromatic rings. The first kappa shape index (κ1) is 21.8. The van der Waals surface area contributed by atoms with E-state index in [1.165, 1.54) is 36.1 Å². The number of ether oxygens (including phenoxy) is 2. The van der Waals surface area contributed by atoms with E-state index in [4.69, 9.17) is 9.47 Å². The number of anilines is 1. The number of benzene rings is 1. The molecule has 0 atom stereocenters. The van der Waals surface area contributed by atoms with Crippen molar-refractivity contribution in [2.75, 3.05) is 12.4 Å². The average molecular weight is 423 g/mol. The second-order valence-electron chi connectivity index (χ2n) is 6.95. The lowest BCUT2D eigenvalue weighted by Gasteiger charge is -2.17. The number of carbonyl (C=O) groups excluding carboxylic acids is 1. The van der Waals surface area contributed by atoms with Gasteiger partial charge in [0, 0.05) is 24.9 Å². The first-order valence-electron chi connectivity index (χ1n) is 9.36. The van der Waals surface area contributed by atoms with Gasteiger partial charge in [0.15, 0.2) is 0 Å². The lowest BCUT2D eigenvalue weighted by Crippen LogP contribution is -2.15. The molecule has 160 valence electrons. The van der Waals surface area contributed by atoms with Crippen LogP contribution in [0, 0.1) is 19.7 Å². The molecule has 0 saturated carbocycles. The van der Waals surface area contributed by atoms with Gasteiger partial charge in [0.2, 0.25) is 11.8 Å². The van der Waals surface area contributed by atoms with Crippen LogP contribution in [0.25, 0.3) is 11.1 Å². The van der Waals surface area contributed by atoms with Crippen LogP contribution >= 0.6 is 0 Å². The SMILES string of the molecule is C=CC(=O)Nc1cnc(Oc2c(C)cc(F)cc2C)c(-c2cn(C)c(=O)cc2OC)c1. The third-order valence-electron chi connectivity index (χ3n) is 4.63. The van der Waals surface area contributed by atoms with Crippen LogP contribution in [0.15, 0.2) is 54.1 Å². The molecule has 31 heavy (non-hydrogen) atoms. The molecule has 1 amide bonds. The van der Waals surface area contributed by atoms with Gasteiger partial charge in [0.05, 0.1) is 24.6 Å². The van der Waals surface area contributed by atoms with Gasteiger partial charge in [-0.15, -0.1) is 0 Å². The van der Waals surface area contributed by atoms with Crippen LogP contribution in [-0.2, 0) is 11.8 Å². The van der Waals surface area contributed by atoms with Gasteiger partial charge in [0.1, 0.15) is 17.3 Å². The van der Waals surface area contributed by atoms with Gasteiger partial charge in [-0.2, -0.15) is 0 Å². The summed E-state index contributed by atoms with van der Waals surface area (Å²) in [5.74, 6) is 0.208. The summed E-state index contributed by atoms with van der Waals surface area (Å²) in [6.45, 7) is 6.91. The smallest absolute Gasteiger partial charge is 0.254 e. The van der Waals surface area contributed by atoms with Gasteiger partial charge in [-0.3, -0.25) is 9.59 Å². The largest absolute Gasteiger partial charge is 0.496 e. The number of carbonyl (C=O) groups is 1. The standard InChI is InChI=1S/C23H22FN3O4/c1-6-20(28)26-16-9-17(18-12-27(4)21(29)10-19(18)30-5)23(25-11-16)31-22-13(2)7-15(24)8-14(22)3/h6-12H,1H2,2-5H3,(H,26,28). The van der Waals surface area contributed by atoms with Gasteiger partial charge in [-0.25, -0.2) is 9.37 Å². The number of nitrogens with zero attached hydrogens (tertiary/aromatic N) is 2. The number of nitrogens with one attached hydrogen (secondary N) is 1. The van der Waals surface area contributed by atoms with Gasteiger partial charge in [-0.1, -0.05) is 6.58 Å². The lowest BCUT2D eigenvalue weighted by atomic mass is 10.1. The Labute approximate surface area is 178 Å². The molecule has 0 aliphatic carbocycles. The van der Waals surface area contributed by atoms with E-state index in [1.807, 2.05) is 0 Å². The molecule has 0 bridgehead atoms. The predicted molar refractivity (Wildman–Crippen MR) is 116 cm³/mol. The van der Waals surface area contributed by atoms with Crippen LogP contribution in [0.2, 0.25) is 0 Å². The molecule has 2 heterocycles. The van der Waals surface area contributed by atoms with Crippen LogP contribution in [0.1, 0.15) is 11.1 Å². The van der Waals surface area contributed by atoms with E-state index in [0.29, 0.717) is 39.4 Å². The molecule has 1 N–H and O–H groups in total. The van der Waals surface area contributed by atoms with Crippen molar-refractivity contribution < 1.29 is 18.7 Å². The van der Waals surface area contributed by atoms with Crippen LogP contribution in [0.5, 0.6) is 17.4 Å². The molecule has 7 nitrogen and oxygen atoms in total. The van der Waals surface area contributed by atoms with Crippen LogP contribution in [0.4, 0.5) is 10.1 Å². The Morgan fingerprint density at radius 2 is 1.87 bits per heavy atom. The van der Waals surface area contributed by atoms with Gasteiger partial charge < -0.3 is 19.4 Å². The summed E-state index contributed by atoms with van der Waals surface area (Å²) < 4.78 is 26.6. The number of rotatable bonds is 6. The molecule has 0 radical (unpaired) electrons. The highest BCUT2D eigenvalue weighted by molar-refractivity contribution is 5.99. The van der Waals surface area contributed by atoms with Crippen molar-refractivity contribution in [2.24, 2.45) is 7.05 Å². The Morgan fingerprint density at radius 3 is 2.48 bits per heavy atom. The summed E-state index contributed by atoms with van der Waals surface area (Å²) >= 11 is 0. The molecule has 1 aromatic carbocycles. The fourth-order valence-corrected chi connectivity index (χ4v) is 3.13. The summed E-state index contributed by atoms with van der Waals surface area (Å²) in [5.41, 5.74) is 2.34. The molecule has 0 spiro atoms. The zero-order valence-corrected chi connectivity index (χ0v) is 17.7. The van der Waals surface area contributed by atoms with E-state index in [2.05, 4.69) is 16.9 Å². The van der Waals surface area contributed by atoms with Crippen molar-refractivity contribution in [3.8, 4) is 28.5 Å². The third-order valence-corrected chi connectivity index (χ3v) is 4.63. The minimum Gasteiger partial charge on any atom is -0.496 e. The number of hydrogen-bond donors (Lipinski definition) is 1. The minimum absolute atomic E-state index is 0.200. The van der Waals surface area contributed by atoms with Crippen molar-refractivity contribution in [3.63, 3.8) is 0 Å². The van der Waals surface area contributed by atoms with Crippen molar-refractivity contribution in [3.05, 3.63) is 76.6 Å². The van der Waals surface area contributed by atoms with Crippen LogP contribution < -0.4 is 20.3 Å². The second kappa shape index (κ2) is 8.83. The first-order chi connectivity index (χ1) is 14.7. The maximum Gasteiger partial charge on any atom is 0.254 e. The zero-order chi connectivity index (χ0) is 22.7. The highest BCUT2D eigenvalue weighted by Crippen LogP contribution is 2.39. The highest BCUT2D eigenvalue weighted by atomic mass is 19.1.